The van der Waals surface area contributed by atoms with Crippen molar-refractivity contribution in [2.75, 3.05) is 19.6 Å². The molecule has 0 bridgehead atoms. The Morgan fingerprint density at radius 3 is 2.71 bits per heavy atom. The summed E-state index contributed by atoms with van der Waals surface area (Å²) in [5.74, 6) is -1.02. The van der Waals surface area contributed by atoms with E-state index in [1.54, 1.807) is 0 Å². The fourth-order valence-corrected chi connectivity index (χ4v) is 2.11. The van der Waals surface area contributed by atoms with Crippen LogP contribution in [0.15, 0.2) is 0 Å². The van der Waals surface area contributed by atoms with E-state index in [1.165, 1.54) is 4.90 Å². The van der Waals surface area contributed by atoms with E-state index in [1.807, 2.05) is 13.8 Å². The summed E-state index contributed by atoms with van der Waals surface area (Å²) < 4.78 is 0. The molecule has 1 fully saturated rings. The highest BCUT2D eigenvalue weighted by molar-refractivity contribution is 5.83. The van der Waals surface area contributed by atoms with Gasteiger partial charge in [0.25, 0.3) is 0 Å². The summed E-state index contributed by atoms with van der Waals surface area (Å²) in [6.07, 6.45) is 2.62. The van der Waals surface area contributed by atoms with E-state index >= 15 is 0 Å². The quantitative estimate of drug-likeness (QED) is 0.744. The predicted octanol–water partition coefficient (Wildman–Crippen LogP) is 0.698. The lowest BCUT2D eigenvalue weighted by Gasteiger charge is -2.32. The zero-order chi connectivity index (χ0) is 12.8. The Balaban J connectivity index is 2.66. The van der Waals surface area contributed by atoms with Gasteiger partial charge in [0, 0.05) is 12.6 Å². The SMILES string of the molecule is CCC(C)N(CC(=O)O)C(=O)[C@H]1CCCNC1. The van der Waals surface area contributed by atoms with E-state index in [4.69, 9.17) is 5.11 Å². The van der Waals surface area contributed by atoms with Crippen LogP contribution in [0.5, 0.6) is 0 Å². The van der Waals surface area contributed by atoms with Crippen molar-refractivity contribution in [3.05, 3.63) is 0 Å². The van der Waals surface area contributed by atoms with Crippen LogP contribution in [-0.2, 0) is 9.59 Å². The maximum atomic E-state index is 12.3. The number of nitrogens with zero attached hydrogens (tertiary/aromatic N) is 1. The first-order chi connectivity index (χ1) is 8.06. The molecule has 5 heteroatoms. The normalized spacial score (nSPS) is 21.9. The van der Waals surface area contributed by atoms with Gasteiger partial charge in [-0.25, -0.2) is 0 Å². The minimum Gasteiger partial charge on any atom is -0.480 e. The number of carbonyl (C=O) groups is 2. The van der Waals surface area contributed by atoms with E-state index in [-0.39, 0.29) is 24.4 Å². The standard InChI is InChI=1S/C12H22N2O3/c1-3-9(2)14(8-11(15)16)12(17)10-5-4-6-13-7-10/h9-10,13H,3-8H2,1-2H3,(H,15,16)/t9?,10-/m0/s1. The van der Waals surface area contributed by atoms with Gasteiger partial charge in [-0.1, -0.05) is 6.92 Å². The average Bonchev–Trinajstić information content (AvgIpc) is 2.35. The first kappa shape index (κ1) is 14.0. The molecule has 5 nitrogen and oxygen atoms in total. The molecular formula is C12H22N2O3. The summed E-state index contributed by atoms with van der Waals surface area (Å²) in [7, 11) is 0. The Labute approximate surface area is 102 Å². The number of hydrogen-bond donors (Lipinski definition) is 2. The molecule has 2 N–H and O–H groups in total. The minimum atomic E-state index is -0.942. The summed E-state index contributed by atoms with van der Waals surface area (Å²) >= 11 is 0. The maximum Gasteiger partial charge on any atom is 0.323 e. The molecule has 1 heterocycles. The van der Waals surface area contributed by atoms with Gasteiger partial charge >= 0.3 is 5.97 Å². The molecule has 98 valence electrons. The summed E-state index contributed by atoms with van der Waals surface area (Å²) in [5, 5.41) is 12.1. The number of carboxylic acid groups (broad SMARTS) is 1. The molecule has 17 heavy (non-hydrogen) atoms. The third kappa shape index (κ3) is 4.00. The van der Waals surface area contributed by atoms with Crippen LogP contribution in [0.25, 0.3) is 0 Å². The van der Waals surface area contributed by atoms with Crippen molar-refractivity contribution < 1.29 is 14.7 Å². The molecule has 0 aromatic heterocycles. The zero-order valence-electron chi connectivity index (χ0n) is 10.6. The molecule has 0 radical (unpaired) electrons. The Kier molecular flexibility index (Phi) is 5.41. The Morgan fingerprint density at radius 1 is 1.53 bits per heavy atom. The van der Waals surface area contributed by atoms with Gasteiger partial charge in [-0.2, -0.15) is 0 Å². The fourth-order valence-electron chi connectivity index (χ4n) is 2.11. The van der Waals surface area contributed by atoms with Crippen LogP contribution >= 0.6 is 0 Å². The van der Waals surface area contributed by atoms with Crippen molar-refractivity contribution in [2.24, 2.45) is 5.92 Å². The third-order valence-corrected chi connectivity index (χ3v) is 3.36. The average molecular weight is 242 g/mol. The lowest BCUT2D eigenvalue weighted by atomic mass is 9.97. The van der Waals surface area contributed by atoms with Crippen LogP contribution in [-0.4, -0.2) is 47.6 Å². The monoisotopic (exact) mass is 242 g/mol. The number of carbonyl (C=O) groups excluding carboxylic acids is 1. The summed E-state index contributed by atoms with van der Waals surface area (Å²) in [6.45, 7) is 5.30. The van der Waals surface area contributed by atoms with Gasteiger partial charge in [0.15, 0.2) is 0 Å². The van der Waals surface area contributed by atoms with E-state index in [9.17, 15) is 9.59 Å². The summed E-state index contributed by atoms with van der Waals surface area (Å²) in [6, 6.07) is -0.0134. The van der Waals surface area contributed by atoms with Crippen molar-refractivity contribution in [3.8, 4) is 0 Å². The zero-order valence-corrected chi connectivity index (χ0v) is 10.6. The molecular weight excluding hydrogens is 220 g/mol. The van der Waals surface area contributed by atoms with Crippen LogP contribution in [0, 0.1) is 5.92 Å². The largest absolute Gasteiger partial charge is 0.480 e. The molecule has 0 aromatic carbocycles. The molecule has 1 aliphatic rings. The molecule has 0 aliphatic carbocycles. The van der Waals surface area contributed by atoms with E-state index < -0.39 is 5.97 Å². The molecule has 1 amide bonds. The predicted molar refractivity (Wildman–Crippen MR) is 64.7 cm³/mol. The molecule has 0 aromatic rings. The van der Waals surface area contributed by atoms with Crippen molar-refractivity contribution >= 4 is 11.9 Å². The topological polar surface area (TPSA) is 69.6 Å². The summed E-state index contributed by atoms with van der Waals surface area (Å²) in [5.41, 5.74) is 0. The second kappa shape index (κ2) is 6.59. The van der Waals surface area contributed by atoms with Crippen molar-refractivity contribution in [1.82, 2.24) is 10.2 Å². The van der Waals surface area contributed by atoms with Gasteiger partial charge < -0.3 is 15.3 Å². The Morgan fingerprint density at radius 2 is 2.24 bits per heavy atom. The Hall–Kier alpha value is -1.10. The van der Waals surface area contributed by atoms with E-state index in [0.29, 0.717) is 6.54 Å². The first-order valence-electron chi connectivity index (χ1n) is 6.29. The van der Waals surface area contributed by atoms with Gasteiger partial charge in [0.05, 0.1) is 5.92 Å². The molecule has 0 spiro atoms. The van der Waals surface area contributed by atoms with Crippen molar-refractivity contribution in [3.63, 3.8) is 0 Å². The van der Waals surface area contributed by atoms with Crippen LogP contribution in [0.4, 0.5) is 0 Å². The summed E-state index contributed by atoms with van der Waals surface area (Å²) in [4.78, 5) is 24.6. The molecule has 2 atom stereocenters. The third-order valence-electron chi connectivity index (χ3n) is 3.36. The highest BCUT2D eigenvalue weighted by Gasteiger charge is 2.29. The number of nitrogens with one attached hydrogen (secondary N) is 1. The van der Waals surface area contributed by atoms with Crippen molar-refractivity contribution in [2.45, 2.75) is 39.2 Å². The van der Waals surface area contributed by atoms with Gasteiger partial charge in [0.2, 0.25) is 5.91 Å². The number of aliphatic carboxylic acids is 1. The lowest BCUT2D eigenvalue weighted by Crippen LogP contribution is -2.48. The first-order valence-corrected chi connectivity index (χ1v) is 6.29. The van der Waals surface area contributed by atoms with Gasteiger partial charge in [-0.3, -0.25) is 9.59 Å². The van der Waals surface area contributed by atoms with Crippen molar-refractivity contribution in [1.29, 1.82) is 0 Å². The number of carboxylic acids is 1. The molecule has 1 saturated heterocycles. The van der Waals surface area contributed by atoms with E-state index in [2.05, 4.69) is 5.32 Å². The van der Waals surface area contributed by atoms with Crippen LogP contribution in [0.2, 0.25) is 0 Å². The highest BCUT2D eigenvalue weighted by Crippen LogP contribution is 2.16. The maximum absolute atomic E-state index is 12.3. The van der Waals surface area contributed by atoms with Gasteiger partial charge in [-0.05, 0) is 32.7 Å². The fraction of sp³-hybridized carbons (Fsp3) is 0.833. The second-order valence-corrected chi connectivity index (χ2v) is 4.66. The van der Waals surface area contributed by atoms with Crippen LogP contribution in [0.1, 0.15) is 33.1 Å². The number of amides is 1. The number of rotatable bonds is 5. The van der Waals surface area contributed by atoms with Gasteiger partial charge in [0.1, 0.15) is 6.54 Å². The van der Waals surface area contributed by atoms with E-state index in [0.717, 1.165) is 25.8 Å². The molecule has 0 saturated carbocycles. The number of hydrogen-bond acceptors (Lipinski definition) is 3. The molecule has 1 aliphatic heterocycles. The van der Waals surface area contributed by atoms with Crippen LogP contribution in [0.3, 0.4) is 0 Å². The smallest absolute Gasteiger partial charge is 0.323 e. The van der Waals surface area contributed by atoms with Crippen LogP contribution < -0.4 is 5.32 Å². The molecule has 1 rings (SSSR count). The minimum absolute atomic E-state index is 0.0134. The highest BCUT2D eigenvalue weighted by atomic mass is 16.4. The molecule has 1 unspecified atom stereocenters. The number of piperidine rings is 1. The Bertz CT molecular complexity index is 275. The lowest BCUT2D eigenvalue weighted by molar-refractivity contribution is -0.148. The van der Waals surface area contributed by atoms with Gasteiger partial charge in [-0.15, -0.1) is 0 Å². The second-order valence-electron chi connectivity index (χ2n) is 4.66.